The molecule has 0 unspecified atom stereocenters. The molecule has 0 bridgehead atoms. The molecular formula is C15H18BrNO3. The van der Waals surface area contributed by atoms with E-state index in [1.165, 1.54) is 0 Å². The monoisotopic (exact) mass is 339 g/mol. The predicted octanol–water partition coefficient (Wildman–Crippen LogP) is 3.74. The number of isocyanates is 1. The van der Waals surface area contributed by atoms with Gasteiger partial charge in [0.2, 0.25) is 6.08 Å². The maximum atomic E-state index is 10.8. The van der Waals surface area contributed by atoms with Crippen LogP contribution < -0.4 is 9.47 Å². The molecule has 1 fully saturated rings. The van der Waals surface area contributed by atoms with Crippen molar-refractivity contribution >= 4 is 22.0 Å². The van der Waals surface area contributed by atoms with Crippen LogP contribution in [-0.2, 0) is 16.8 Å². The largest absolute Gasteiger partial charge is 0.495 e. The van der Waals surface area contributed by atoms with Crippen molar-refractivity contribution in [2.75, 3.05) is 14.2 Å². The molecule has 20 heavy (non-hydrogen) atoms. The summed E-state index contributed by atoms with van der Waals surface area (Å²) in [6.07, 6.45) is 5.30. The number of carbonyl (C=O) groups excluding carboxylic acids is 1. The molecule has 0 radical (unpaired) electrons. The van der Waals surface area contributed by atoms with Gasteiger partial charge in [-0.25, -0.2) is 4.79 Å². The normalized spacial score (nSPS) is 16.0. The highest BCUT2D eigenvalue weighted by Crippen LogP contribution is 2.52. The molecule has 2 rings (SSSR count). The lowest BCUT2D eigenvalue weighted by molar-refractivity contribution is 0.245. The fraction of sp³-hybridized carbons (Fsp3) is 0.533. The van der Waals surface area contributed by atoms with Crippen LogP contribution in [0.2, 0.25) is 0 Å². The Bertz CT molecular complexity index is 561. The molecule has 1 aromatic carbocycles. The Balaban J connectivity index is 2.69. The second-order valence-corrected chi connectivity index (χ2v) is 5.70. The third kappa shape index (κ3) is 2.25. The van der Waals surface area contributed by atoms with E-state index in [1.54, 1.807) is 20.3 Å². The number of ether oxygens (including phenoxy) is 2. The Morgan fingerprint density at radius 1 is 1.35 bits per heavy atom. The van der Waals surface area contributed by atoms with Crippen LogP contribution in [0, 0.1) is 0 Å². The molecule has 1 aliphatic carbocycles. The molecule has 5 heteroatoms. The van der Waals surface area contributed by atoms with E-state index in [1.807, 2.05) is 6.07 Å². The molecule has 0 aliphatic heterocycles. The quantitative estimate of drug-likeness (QED) is 0.606. The van der Waals surface area contributed by atoms with Gasteiger partial charge in [-0.15, -0.1) is 0 Å². The number of rotatable bonds is 5. The fourth-order valence-corrected chi connectivity index (χ4v) is 3.53. The Morgan fingerprint density at radius 3 is 2.40 bits per heavy atom. The first-order chi connectivity index (χ1) is 9.63. The first-order valence-electron chi connectivity index (χ1n) is 6.66. The van der Waals surface area contributed by atoms with Crippen LogP contribution in [0.5, 0.6) is 11.5 Å². The van der Waals surface area contributed by atoms with Crippen molar-refractivity contribution in [3.05, 3.63) is 21.7 Å². The minimum atomic E-state index is -0.480. The summed E-state index contributed by atoms with van der Waals surface area (Å²) >= 11 is 3.55. The molecule has 0 spiro atoms. The first kappa shape index (κ1) is 15.1. The molecule has 1 saturated carbocycles. The molecular weight excluding hydrogens is 322 g/mol. The number of hydrogen-bond donors (Lipinski definition) is 0. The lowest BCUT2D eigenvalue weighted by Crippen LogP contribution is -2.32. The van der Waals surface area contributed by atoms with Crippen molar-refractivity contribution in [2.45, 2.75) is 38.1 Å². The topological polar surface area (TPSA) is 47.9 Å². The maximum Gasteiger partial charge on any atom is 0.235 e. The zero-order valence-electron chi connectivity index (χ0n) is 12.0. The second-order valence-electron chi connectivity index (χ2n) is 4.91. The van der Waals surface area contributed by atoms with E-state index < -0.39 is 5.54 Å². The summed E-state index contributed by atoms with van der Waals surface area (Å²) in [6, 6.07) is 2.04. The van der Waals surface area contributed by atoms with Gasteiger partial charge < -0.3 is 9.47 Å². The van der Waals surface area contributed by atoms with Gasteiger partial charge in [-0.1, -0.05) is 6.92 Å². The average molecular weight is 340 g/mol. The minimum Gasteiger partial charge on any atom is -0.495 e. The number of hydrogen-bond acceptors (Lipinski definition) is 4. The highest BCUT2D eigenvalue weighted by atomic mass is 79.9. The zero-order chi connectivity index (χ0) is 14.8. The van der Waals surface area contributed by atoms with Gasteiger partial charge in [-0.3, -0.25) is 0 Å². The molecule has 0 amide bonds. The van der Waals surface area contributed by atoms with Crippen LogP contribution in [-0.4, -0.2) is 20.3 Å². The Kier molecular flexibility index (Phi) is 4.51. The van der Waals surface area contributed by atoms with E-state index in [0.29, 0.717) is 5.75 Å². The lowest BCUT2D eigenvalue weighted by atomic mass is 9.71. The Hall–Kier alpha value is -1.32. The van der Waals surface area contributed by atoms with Crippen molar-refractivity contribution in [2.24, 2.45) is 4.99 Å². The Morgan fingerprint density at radius 2 is 2.00 bits per heavy atom. The van der Waals surface area contributed by atoms with Crippen molar-refractivity contribution in [3.8, 4) is 11.5 Å². The van der Waals surface area contributed by atoms with E-state index >= 15 is 0 Å². The van der Waals surface area contributed by atoms with E-state index in [0.717, 1.165) is 47.0 Å². The highest BCUT2D eigenvalue weighted by molar-refractivity contribution is 9.10. The molecule has 0 atom stereocenters. The van der Waals surface area contributed by atoms with Gasteiger partial charge in [0.05, 0.1) is 14.2 Å². The van der Waals surface area contributed by atoms with Gasteiger partial charge in [0.25, 0.3) is 0 Å². The van der Waals surface area contributed by atoms with Crippen molar-refractivity contribution < 1.29 is 14.3 Å². The third-order valence-corrected chi connectivity index (χ3v) is 4.70. The molecule has 4 nitrogen and oxygen atoms in total. The Labute approximate surface area is 127 Å². The van der Waals surface area contributed by atoms with Crippen LogP contribution in [0.15, 0.2) is 15.5 Å². The van der Waals surface area contributed by atoms with Gasteiger partial charge in [0, 0.05) is 5.56 Å². The van der Waals surface area contributed by atoms with Crippen LogP contribution in [0.1, 0.15) is 37.3 Å². The first-order valence-corrected chi connectivity index (χ1v) is 7.45. The van der Waals surface area contributed by atoms with E-state index in [2.05, 4.69) is 27.8 Å². The van der Waals surface area contributed by atoms with Crippen molar-refractivity contribution in [1.82, 2.24) is 0 Å². The molecule has 108 valence electrons. The summed E-state index contributed by atoms with van der Waals surface area (Å²) in [7, 11) is 3.26. The molecule has 0 saturated heterocycles. The number of aryl methyl sites for hydroxylation is 1. The number of halogens is 1. The molecule has 0 aromatic heterocycles. The second kappa shape index (κ2) is 5.98. The van der Waals surface area contributed by atoms with Crippen LogP contribution in [0.3, 0.4) is 0 Å². The predicted molar refractivity (Wildman–Crippen MR) is 80.3 cm³/mol. The standard InChI is InChI=1S/C15H18BrNO3/c1-4-10-8-11(15(17-9-18)6-5-7-15)14(20-3)12(16)13(10)19-2/h8H,4-7H2,1-3H3. The van der Waals surface area contributed by atoms with Crippen LogP contribution in [0.4, 0.5) is 0 Å². The van der Waals surface area contributed by atoms with Gasteiger partial charge in [0.1, 0.15) is 21.5 Å². The summed E-state index contributed by atoms with van der Waals surface area (Å²) in [6.45, 7) is 2.07. The minimum absolute atomic E-state index is 0.480. The van der Waals surface area contributed by atoms with E-state index in [-0.39, 0.29) is 0 Å². The number of methoxy groups -OCH3 is 2. The van der Waals surface area contributed by atoms with Crippen molar-refractivity contribution in [3.63, 3.8) is 0 Å². The van der Waals surface area contributed by atoms with Gasteiger partial charge in [-0.2, -0.15) is 4.99 Å². The third-order valence-electron chi connectivity index (χ3n) is 3.98. The SMILES string of the molecule is CCc1cc(C2(N=C=O)CCC2)c(OC)c(Br)c1OC. The number of nitrogens with zero attached hydrogens (tertiary/aromatic N) is 1. The van der Waals surface area contributed by atoms with Gasteiger partial charge >= 0.3 is 0 Å². The van der Waals surface area contributed by atoms with E-state index in [4.69, 9.17) is 9.47 Å². The number of aliphatic imine (C=N–C) groups is 1. The molecule has 1 aromatic rings. The molecule has 1 aliphatic rings. The molecule has 0 heterocycles. The lowest BCUT2D eigenvalue weighted by Gasteiger charge is -2.38. The summed E-state index contributed by atoms with van der Waals surface area (Å²) in [4.78, 5) is 14.8. The smallest absolute Gasteiger partial charge is 0.235 e. The van der Waals surface area contributed by atoms with Crippen LogP contribution >= 0.6 is 15.9 Å². The van der Waals surface area contributed by atoms with Crippen molar-refractivity contribution in [1.29, 1.82) is 0 Å². The summed E-state index contributed by atoms with van der Waals surface area (Å²) in [5.41, 5.74) is 1.54. The zero-order valence-corrected chi connectivity index (χ0v) is 13.5. The summed E-state index contributed by atoms with van der Waals surface area (Å²) < 4.78 is 11.8. The highest BCUT2D eigenvalue weighted by Gasteiger charge is 2.42. The average Bonchev–Trinajstić information content (AvgIpc) is 2.41. The fourth-order valence-electron chi connectivity index (χ4n) is 2.74. The van der Waals surface area contributed by atoms with Gasteiger partial charge in [-0.05, 0) is 53.2 Å². The summed E-state index contributed by atoms with van der Waals surface area (Å²) in [5, 5.41) is 0. The molecule has 0 N–H and O–H groups in total. The summed E-state index contributed by atoms with van der Waals surface area (Å²) in [5.74, 6) is 1.47. The van der Waals surface area contributed by atoms with Gasteiger partial charge in [0.15, 0.2) is 0 Å². The number of benzene rings is 1. The maximum absolute atomic E-state index is 10.8. The van der Waals surface area contributed by atoms with E-state index in [9.17, 15) is 4.79 Å². The van der Waals surface area contributed by atoms with Crippen LogP contribution in [0.25, 0.3) is 0 Å².